The zero-order chi connectivity index (χ0) is 36.0. The molecule has 1 aliphatic heterocycles. The third kappa shape index (κ3) is 7.71. The number of primary amides is 1. The number of likely N-dealkylation sites (tertiary alicyclic amines) is 1. The lowest BCUT2D eigenvalue weighted by Crippen LogP contribution is -2.38. The van der Waals surface area contributed by atoms with Crippen molar-refractivity contribution in [1.82, 2.24) is 24.2 Å². The van der Waals surface area contributed by atoms with E-state index in [2.05, 4.69) is 33.8 Å². The molecule has 0 spiro atoms. The fourth-order valence-electron chi connectivity index (χ4n) is 5.93. The lowest BCUT2D eigenvalue weighted by Gasteiger charge is -2.26. The Morgan fingerprint density at radius 1 is 1.14 bits per heavy atom. The van der Waals surface area contributed by atoms with Gasteiger partial charge in [0.15, 0.2) is 11.5 Å². The summed E-state index contributed by atoms with van der Waals surface area (Å²) in [5.41, 5.74) is 4.70. The molecule has 0 radical (unpaired) electrons. The number of methoxy groups -OCH3 is 1. The Morgan fingerprint density at radius 2 is 1.84 bits per heavy atom. The van der Waals surface area contributed by atoms with Crippen molar-refractivity contribution in [3.8, 4) is 23.7 Å². The summed E-state index contributed by atoms with van der Waals surface area (Å²) < 4.78 is 29.9. The van der Waals surface area contributed by atoms with Crippen molar-refractivity contribution in [2.75, 3.05) is 32.2 Å². The molecule has 3 N–H and O–H groups in total. The fraction of sp³-hybridized carbons (Fsp3) is 0.514. The van der Waals surface area contributed by atoms with Gasteiger partial charge in [-0.15, -0.1) is 0 Å². The molecule has 3 heterocycles. The van der Waals surface area contributed by atoms with E-state index in [9.17, 15) is 19.5 Å². The van der Waals surface area contributed by atoms with Crippen molar-refractivity contribution in [3.05, 3.63) is 40.6 Å². The van der Waals surface area contributed by atoms with Gasteiger partial charge in [0.1, 0.15) is 28.4 Å². The summed E-state index contributed by atoms with van der Waals surface area (Å²) in [6, 6.07) is 2.23. The lowest BCUT2D eigenvalue weighted by atomic mass is 10.1. The standard InChI is InChI=1S/C35H42FN7O6/c1-20-38-27-15-21(25(36)17-28(27)42(20)22-10-11-22)9-12-26-30(31(37)45)32(40(7)33(46)49-34(2,3)4)43(39-26)23-16-24(19-48-8)41(18-23)29(44)13-14-35(5,6)47/h15,17,22-24,47H,10-11,16,18-19H2,1-8H3,(H2,37,45)/t23-,24+/m0/s1. The van der Waals surface area contributed by atoms with Crippen molar-refractivity contribution in [2.24, 2.45) is 5.73 Å². The molecule has 3 aromatic rings. The topological polar surface area (TPSA) is 158 Å². The van der Waals surface area contributed by atoms with Gasteiger partial charge in [0, 0.05) is 32.8 Å². The number of ether oxygens (including phenoxy) is 2. The molecule has 1 saturated heterocycles. The third-order valence-electron chi connectivity index (χ3n) is 8.13. The average molecular weight is 676 g/mol. The smallest absolute Gasteiger partial charge is 0.415 e. The second kappa shape index (κ2) is 13.2. The first kappa shape index (κ1) is 35.4. The Morgan fingerprint density at radius 3 is 2.43 bits per heavy atom. The first-order valence-electron chi connectivity index (χ1n) is 16.0. The maximum Gasteiger partial charge on any atom is 0.415 e. The van der Waals surface area contributed by atoms with Gasteiger partial charge >= 0.3 is 6.09 Å². The first-order chi connectivity index (χ1) is 22.9. The number of anilines is 1. The summed E-state index contributed by atoms with van der Waals surface area (Å²) in [6.45, 7) is 10.2. The number of nitrogens with two attached hydrogens (primary N) is 1. The minimum atomic E-state index is -1.39. The molecule has 1 saturated carbocycles. The highest BCUT2D eigenvalue weighted by Gasteiger charge is 2.40. The van der Waals surface area contributed by atoms with E-state index in [1.807, 2.05) is 11.5 Å². The molecule has 2 aromatic heterocycles. The molecular formula is C35H42FN7O6. The van der Waals surface area contributed by atoms with Gasteiger partial charge in [-0.3, -0.25) is 14.5 Å². The molecule has 2 fully saturated rings. The molecule has 260 valence electrons. The fourth-order valence-corrected chi connectivity index (χ4v) is 5.93. The number of benzene rings is 1. The molecule has 49 heavy (non-hydrogen) atoms. The summed E-state index contributed by atoms with van der Waals surface area (Å²) in [6.07, 6.45) is 1.55. The van der Waals surface area contributed by atoms with Gasteiger partial charge in [0.2, 0.25) is 0 Å². The molecule has 14 heteroatoms. The van der Waals surface area contributed by atoms with Crippen molar-refractivity contribution >= 4 is 34.8 Å². The number of aromatic nitrogens is 4. The Balaban J connectivity index is 1.61. The van der Waals surface area contributed by atoms with Crippen LogP contribution in [0, 0.1) is 36.4 Å². The summed E-state index contributed by atoms with van der Waals surface area (Å²) in [4.78, 5) is 46.8. The average Bonchev–Trinajstić information content (AvgIpc) is 3.48. The van der Waals surface area contributed by atoms with Gasteiger partial charge in [-0.1, -0.05) is 11.8 Å². The number of nitrogens with zero attached hydrogens (tertiary/aromatic N) is 6. The van der Waals surface area contributed by atoms with Gasteiger partial charge in [-0.25, -0.2) is 18.9 Å². The van der Waals surface area contributed by atoms with E-state index in [1.165, 1.54) is 43.7 Å². The molecular weight excluding hydrogens is 633 g/mol. The second-order valence-corrected chi connectivity index (χ2v) is 14.0. The number of halogens is 1. The minimum absolute atomic E-state index is 0.00110. The van der Waals surface area contributed by atoms with Crippen LogP contribution in [-0.4, -0.2) is 91.8 Å². The van der Waals surface area contributed by atoms with Crippen LogP contribution in [0.4, 0.5) is 15.0 Å². The molecule has 1 aliphatic carbocycles. The summed E-state index contributed by atoms with van der Waals surface area (Å²) in [7, 11) is 2.91. The van der Waals surface area contributed by atoms with Gasteiger partial charge < -0.3 is 29.8 Å². The van der Waals surface area contributed by atoms with Gasteiger partial charge in [0.05, 0.1) is 35.3 Å². The summed E-state index contributed by atoms with van der Waals surface area (Å²) in [5, 5.41) is 14.7. The second-order valence-electron chi connectivity index (χ2n) is 14.0. The monoisotopic (exact) mass is 675 g/mol. The van der Waals surface area contributed by atoms with Crippen LogP contribution in [0.3, 0.4) is 0 Å². The Bertz CT molecular complexity index is 1940. The van der Waals surface area contributed by atoms with Crippen LogP contribution in [0.25, 0.3) is 11.0 Å². The predicted molar refractivity (Wildman–Crippen MR) is 179 cm³/mol. The first-order valence-corrected chi connectivity index (χ1v) is 16.0. The number of carbonyl (C=O) groups is 3. The number of carbonyl (C=O) groups excluding carboxylic acids is 3. The van der Waals surface area contributed by atoms with Gasteiger partial charge in [0.25, 0.3) is 11.8 Å². The van der Waals surface area contributed by atoms with E-state index in [-0.39, 0.29) is 35.8 Å². The van der Waals surface area contributed by atoms with Crippen LogP contribution in [-0.2, 0) is 14.3 Å². The largest absolute Gasteiger partial charge is 0.443 e. The highest BCUT2D eigenvalue weighted by atomic mass is 19.1. The van der Waals surface area contributed by atoms with Crippen LogP contribution in [0.2, 0.25) is 0 Å². The molecule has 0 unspecified atom stereocenters. The highest BCUT2D eigenvalue weighted by Crippen LogP contribution is 2.39. The number of rotatable bonds is 6. The third-order valence-corrected chi connectivity index (χ3v) is 8.13. The number of imidazole rings is 1. The van der Waals surface area contributed by atoms with E-state index in [4.69, 9.17) is 15.2 Å². The van der Waals surface area contributed by atoms with E-state index < -0.39 is 47.0 Å². The molecule has 2 aliphatic rings. The molecule has 3 amide bonds. The van der Waals surface area contributed by atoms with Crippen LogP contribution in [0.1, 0.15) is 93.4 Å². The minimum Gasteiger partial charge on any atom is -0.443 e. The zero-order valence-corrected chi connectivity index (χ0v) is 29.0. The van der Waals surface area contributed by atoms with E-state index in [1.54, 1.807) is 26.8 Å². The van der Waals surface area contributed by atoms with Crippen molar-refractivity contribution < 1.29 is 33.4 Å². The quantitative estimate of drug-likeness (QED) is 0.376. The number of amides is 3. The van der Waals surface area contributed by atoms with Crippen molar-refractivity contribution in [2.45, 2.75) is 90.1 Å². The number of hydrogen-bond donors (Lipinski definition) is 2. The molecule has 13 nitrogen and oxygen atoms in total. The molecule has 5 rings (SSSR count). The normalized spacial score (nSPS) is 17.7. The van der Waals surface area contributed by atoms with Gasteiger partial charge in [-0.05, 0) is 78.7 Å². The van der Waals surface area contributed by atoms with E-state index in [0.29, 0.717) is 23.5 Å². The van der Waals surface area contributed by atoms with Crippen molar-refractivity contribution in [3.63, 3.8) is 0 Å². The van der Waals surface area contributed by atoms with Crippen molar-refractivity contribution in [1.29, 1.82) is 0 Å². The SMILES string of the molecule is COC[C@H]1C[C@H](n2nc(C#Cc3cc4nc(C)n(C5CC5)c4cc3F)c(C(N)=O)c2N(C)C(=O)OC(C)(C)C)CN1C(=O)C#CC(C)(C)O. The highest BCUT2D eigenvalue weighted by molar-refractivity contribution is 6.03. The summed E-state index contributed by atoms with van der Waals surface area (Å²) >= 11 is 0. The van der Waals surface area contributed by atoms with Gasteiger partial charge in [-0.2, -0.15) is 5.10 Å². The number of hydrogen-bond acceptors (Lipinski definition) is 8. The van der Waals surface area contributed by atoms with Crippen LogP contribution in [0.5, 0.6) is 0 Å². The number of aliphatic hydroxyl groups is 1. The van der Waals surface area contributed by atoms with E-state index >= 15 is 4.39 Å². The van der Waals surface area contributed by atoms with Crippen LogP contribution >= 0.6 is 0 Å². The number of fused-ring (bicyclic) bond motifs is 1. The maximum absolute atomic E-state index is 15.4. The Hall–Kier alpha value is -4.92. The predicted octanol–water partition coefficient (Wildman–Crippen LogP) is 3.45. The number of aryl methyl sites for hydroxylation is 1. The Kier molecular flexibility index (Phi) is 9.52. The van der Waals surface area contributed by atoms with Crippen LogP contribution < -0.4 is 10.6 Å². The Labute approximate surface area is 284 Å². The van der Waals surface area contributed by atoms with Crippen LogP contribution in [0.15, 0.2) is 12.1 Å². The maximum atomic E-state index is 15.4. The molecule has 1 aromatic carbocycles. The zero-order valence-electron chi connectivity index (χ0n) is 29.0. The lowest BCUT2D eigenvalue weighted by molar-refractivity contribution is -0.126. The molecule has 2 atom stereocenters. The summed E-state index contributed by atoms with van der Waals surface area (Å²) in [5.74, 6) is 9.39. The van der Waals surface area contributed by atoms with E-state index in [0.717, 1.165) is 23.6 Å². The molecule has 0 bridgehead atoms.